The molecule has 2 heterocycles. The first-order chi connectivity index (χ1) is 15.6. The Morgan fingerprint density at radius 2 is 1.76 bits per heavy atom. The Balaban J connectivity index is 2.53. The number of methoxy groups -OCH3 is 1. The number of terminal acetylenes is 1. The van der Waals surface area contributed by atoms with E-state index in [1.165, 1.54) is 18.8 Å². The van der Waals surface area contributed by atoms with E-state index >= 15 is 0 Å². The number of likely N-dealkylation sites (tertiary alicyclic amines) is 1. The van der Waals surface area contributed by atoms with Gasteiger partial charge in [-0.3, -0.25) is 9.69 Å². The van der Waals surface area contributed by atoms with Crippen molar-refractivity contribution in [2.75, 3.05) is 32.2 Å². The summed E-state index contributed by atoms with van der Waals surface area (Å²) in [6, 6.07) is -0.757. The topological polar surface area (TPSA) is 129 Å². The molecule has 0 bridgehead atoms. The molecule has 2 atom stereocenters. The standard InChI is InChI=1S/C23H35N5O6/c1-10-16-17(18(24)29)19(26(8)20(30)33-22(2,3)4)28(25-16)14-11-15(13-32-9)27(12-14)21(31)34-23(5,6)7/h1,14-15H,11-13H2,2-9H3,(H2,24,29)/t14-,15+/m0/s1. The molecule has 0 aliphatic carbocycles. The van der Waals surface area contributed by atoms with E-state index < -0.39 is 35.3 Å². The van der Waals surface area contributed by atoms with Crippen molar-refractivity contribution in [3.8, 4) is 12.3 Å². The number of primary amides is 1. The van der Waals surface area contributed by atoms with Gasteiger partial charge in [0.05, 0.1) is 18.7 Å². The molecule has 1 saturated heterocycles. The summed E-state index contributed by atoms with van der Waals surface area (Å²) in [5.74, 6) is 1.63. The number of aromatic nitrogens is 2. The zero-order valence-electron chi connectivity index (χ0n) is 21.2. The predicted molar refractivity (Wildman–Crippen MR) is 126 cm³/mol. The van der Waals surface area contributed by atoms with Crippen molar-refractivity contribution in [3.63, 3.8) is 0 Å². The van der Waals surface area contributed by atoms with Gasteiger partial charge in [0.25, 0.3) is 5.91 Å². The van der Waals surface area contributed by atoms with Crippen LogP contribution in [0, 0.1) is 12.3 Å². The Labute approximate surface area is 200 Å². The summed E-state index contributed by atoms with van der Waals surface area (Å²) in [7, 11) is 2.99. The second-order valence-electron chi connectivity index (χ2n) is 10.2. The summed E-state index contributed by atoms with van der Waals surface area (Å²) in [5.41, 5.74) is 4.08. The highest BCUT2D eigenvalue weighted by molar-refractivity contribution is 6.03. The van der Waals surface area contributed by atoms with Gasteiger partial charge in [-0.25, -0.2) is 14.3 Å². The fourth-order valence-corrected chi connectivity index (χ4v) is 3.71. The summed E-state index contributed by atoms with van der Waals surface area (Å²) < 4.78 is 17.8. The van der Waals surface area contributed by atoms with Crippen LogP contribution < -0.4 is 10.6 Å². The molecular weight excluding hydrogens is 442 g/mol. The van der Waals surface area contributed by atoms with Gasteiger partial charge < -0.3 is 24.8 Å². The van der Waals surface area contributed by atoms with Gasteiger partial charge in [0.1, 0.15) is 22.5 Å². The number of nitrogens with zero attached hydrogens (tertiary/aromatic N) is 4. The lowest BCUT2D eigenvalue weighted by Crippen LogP contribution is -2.41. The van der Waals surface area contributed by atoms with Crippen molar-refractivity contribution < 1.29 is 28.6 Å². The molecule has 1 aliphatic heterocycles. The van der Waals surface area contributed by atoms with E-state index in [9.17, 15) is 14.4 Å². The van der Waals surface area contributed by atoms with Crippen LogP contribution in [0.4, 0.5) is 15.4 Å². The fraction of sp³-hybridized carbons (Fsp3) is 0.652. The molecule has 0 radical (unpaired) electrons. The molecule has 2 rings (SSSR count). The number of carbonyl (C=O) groups excluding carboxylic acids is 3. The second-order valence-corrected chi connectivity index (χ2v) is 10.2. The lowest BCUT2D eigenvalue weighted by Gasteiger charge is -2.28. The largest absolute Gasteiger partial charge is 0.444 e. The predicted octanol–water partition coefficient (Wildman–Crippen LogP) is 2.53. The lowest BCUT2D eigenvalue weighted by atomic mass is 10.1. The molecule has 0 spiro atoms. The van der Waals surface area contributed by atoms with Crippen molar-refractivity contribution in [1.29, 1.82) is 0 Å². The van der Waals surface area contributed by atoms with Gasteiger partial charge in [-0.1, -0.05) is 0 Å². The Morgan fingerprint density at radius 3 is 2.24 bits per heavy atom. The minimum Gasteiger partial charge on any atom is -0.444 e. The maximum absolute atomic E-state index is 12.9. The molecule has 1 aromatic rings. The van der Waals surface area contributed by atoms with Crippen molar-refractivity contribution in [1.82, 2.24) is 14.7 Å². The van der Waals surface area contributed by atoms with Crippen LogP contribution in [0.3, 0.4) is 0 Å². The van der Waals surface area contributed by atoms with Crippen LogP contribution in [0.15, 0.2) is 0 Å². The molecule has 1 aliphatic rings. The molecule has 11 nitrogen and oxygen atoms in total. The molecule has 1 aromatic heterocycles. The summed E-state index contributed by atoms with van der Waals surface area (Å²) in [5, 5.41) is 4.41. The maximum Gasteiger partial charge on any atom is 0.415 e. The number of carbonyl (C=O) groups is 3. The molecular formula is C23H35N5O6. The minimum atomic E-state index is -0.833. The van der Waals surface area contributed by atoms with Gasteiger partial charge in [-0.2, -0.15) is 5.10 Å². The zero-order valence-corrected chi connectivity index (χ0v) is 21.2. The van der Waals surface area contributed by atoms with Gasteiger partial charge in [-0.15, -0.1) is 6.42 Å². The summed E-state index contributed by atoms with van der Waals surface area (Å²) in [6.07, 6.45) is 4.80. The smallest absolute Gasteiger partial charge is 0.415 e. The van der Waals surface area contributed by atoms with Crippen LogP contribution >= 0.6 is 0 Å². The first-order valence-electron chi connectivity index (χ1n) is 10.9. The average Bonchev–Trinajstić information content (AvgIpc) is 3.26. The van der Waals surface area contributed by atoms with Gasteiger partial charge in [0, 0.05) is 20.7 Å². The molecule has 2 N–H and O–H groups in total. The lowest BCUT2D eigenvalue weighted by molar-refractivity contribution is 0.0145. The average molecular weight is 478 g/mol. The molecule has 3 amide bonds. The number of ether oxygens (including phenoxy) is 3. The van der Waals surface area contributed by atoms with Gasteiger partial charge in [0.2, 0.25) is 0 Å². The van der Waals surface area contributed by atoms with Crippen LogP contribution in [0.25, 0.3) is 0 Å². The number of nitrogens with two attached hydrogens (primary N) is 1. The molecule has 0 unspecified atom stereocenters. The Morgan fingerprint density at radius 1 is 1.18 bits per heavy atom. The van der Waals surface area contributed by atoms with Gasteiger partial charge >= 0.3 is 12.2 Å². The van der Waals surface area contributed by atoms with E-state index in [4.69, 9.17) is 26.4 Å². The third-order valence-corrected chi connectivity index (χ3v) is 4.98. The number of rotatable bonds is 5. The normalized spacial score (nSPS) is 18.4. The van der Waals surface area contributed by atoms with Crippen molar-refractivity contribution >= 4 is 23.9 Å². The SMILES string of the molecule is C#Cc1nn([C@H]2C[C@H](COC)N(C(=O)OC(C)(C)C)C2)c(N(C)C(=O)OC(C)(C)C)c1C(N)=O. The third kappa shape index (κ3) is 6.20. The molecule has 188 valence electrons. The summed E-state index contributed by atoms with van der Waals surface area (Å²) in [4.78, 5) is 40.8. The fourth-order valence-electron chi connectivity index (χ4n) is 3.71. The van der Waals surface area contributed by atoms with Crippen molar-refractivity contribution in [2.24, 2.45) is 5.73 Å². The Hall–Kier alpha value is -3.26. The van der Waals surface area contributed by atoms with Crippen LogP contribution in [0.1, 0.15) is 70.1 Å². The Kier molecular flexibility index (Phi) is 7.88. The second kappa shape index (κ2) is 9.93. The van der Waals surface area contributed by atoms with Crippen LogP contribution in [0.5, 0.6) is 0 Å². The van der Waals surface area contributed by atoms with E-state index in [-0.39, 0.29) is 36.3 Å². The van der Waals surface area contributed by atoms with Crippen molar-refractivity contribution in [2.45, 2.75) is 71.2 Å². The molecule has 34 heavy (non-hydrogen) atoms. The summed E-state index contributed by atoms with van der Waals surface area (Å²) >= 11 is 0. The number of hydrogen-bond donors (Lipinski definition) is 1. The van der Waals surface area contributed by atoms with E-state index in [1.807, 2.05) is 0 Å². The highest BCUT2D eigenvalue weighted by Crippen LogP contribution is 2.35. The first kappa shape index (κ1) is 27.0. The van der Waals surface area contributed by atoms with E-state index in [0.717, 1.165) is 4.90 Å². The Bertz CT molecular complexity index is 982. The minimum absolute atomic E-state index is 0.00285. The van der Waals surface area contributed by atoms with E-state index in [2.05, 4.69) is 11.0 Å². The van der Waals surface area contributed by atoms with Crippen LogP contribution in [-0.2, 0) is 14.2 Å². The van der Waals surface area contributed by atoms with E-state index in [1.54, 1.807) is 46.4 Å². The third-order valence-electron chi connectivity index (χ3n) is 4.98. The number of hydrogen-bond acceptors (Lipinski definition) is 7. The zero-order chi connectivity index (χ0) is 26.0. The van der Waals surface area contributed by atoms with E-state index in [0.29, 0.717) is 6.42 Å². The van der Waals surface area contributed by atoms with Gasteiger partial charge in [-0.05, 0) is 53.9 Å². The molecule has 1 fully saturated rings. The molecule has 11 heteroatoms. The maximum atomic E-state index is 12.9. The molecule has 0 aromatic carbocycles. The summed E-state index contributed by atoms with van der Waals surface area (Å²) in [6.45, 7) is 11.0. The van der Waals surface area contributed by atoms with Gasteiger partial charge in [0.15, 0.2) is 5.82 Å². The number of anilines is 1. The highest BCUT2D eigenvalue weighted by Gasteiger charge is 2.41. The molecule has 0 saturated carbocycles. The quantitative estimate of drug-likeness (QED) is 0.645. The highest BCUT2D eigenvalue weighted by atomic mass is 16.6. The first-order valence-corrected chi connectivity index (χ1v) is 10.9. The number of amides is 3. The van der Waals surface area contributed by atoms with Crippen LogP contribution in [0.2, 0.25) is 0 Å². The van der Waals surface area contributed by atoms with Crippen LogP contribution in [-0.4, -0.2) is 77.3 Å². The van der Waals surface area contributed by atoms with Crippen molar-refractivity contribution in [3.05, 3.63) is 11.3 Å². The monoisotopic (exact) mass is 477 g/mol.